The van der Waals surface area contributed by atoms with Gasteiger partial charge in [0.05, 0.1) is 19.2 Å². The third kappa shape index (κ3) is 2.88. The molecule has 0 radical (unpaired) electrons. The lowest BCUT2D eigenvalue weighted by molar-refractivity contribution is 0.414. The van der Waals surface area contributed by atoms with E-state index in [0.29, 0.717) is 12.1 Å². The Bertz CT molecular complexity index is 707. The van der Waals surface area contributed by atoms with Crippen molar-refractivity contribution in [3.05, 3.63) is 63.6 Å². The monoisotopic (exact) mass is 288 g/mol. The zero-order valence-corrected chi connectivity index (χ0v) is 12.2. The van der Waals surface area contributed by atoms with E-state index in [1.807, 2.05) is 37.3 Å². The van der Waals surface area contributed by atoms with Gasteiger partial charge in [-0.2, -0.15) is 0 Å². The van der Waals surface area contributed by atoms with E-state index < -0.39 is 0 Å². The van der Waals surface area contributed by atoms with Gasteiger partial charge >= 0.3 is 0 Å². The Hall–Kier alpha value is -2.14. The van der Waals surface area contributed by atoms with Gasteiger partial charge in [0.15, 0.2) is 0 Å². The lowest BCUT2D eigenvalue weighted by Crippen LogP contribution is -2.30. The fourth-order valence-electron chi connectivity index (χ4n) is 2.01. The predicted molar refractivity (Wildman–Crippen MR) is 83.4 cm³/mol. The summed E-state index contributed by atoms with van der Waals surface area (Å²) in [6.45, 7) is 2.34. The summed E-state index contributed by atoms with van der Waals surface area (Å²) >= 11 is 4.90. The molecule has 0 amide bonds. The molecule has 2 N–H and O–H groups in total. The van der Waals surface area contributed by atoms with Gasteiger partial charge < -0.3 is 15.0 Å². The van der Waals surface area contributed by atoms with Gasteiger partial charge in [-0.25, -0.2) is 0 Å². The van der Waals surface area contributed by atoms with Gasteiger partial charge in [-0.1, -0.05) is 24.4 Å². The van der Waals surface area contributed by atoms with Gasteiger partial charge in [-0.15, -0.1) is 0 Å². The van der Waals surface area contributed by atoms with Gasteiger partial charge in [-0.05, 0) is 36.8 Å². The van der Waals surface area contributed by atoms with E-state index in [-0.39, 0.29) is 10.5 Å². The van der Waals surface area contributed by atoms with Crippen LogP contribution in [0.3, 0.4) is 0 Å². The molecule has 0 aliphatic rings. The van der Waals surface area contributed by atoms with E-state index in [9.17, 15) is 4.79 Å². The van der Waals surface area contributed by atoms with Crippen molar-refractivity contribution in [3.63, 3.8) is 0 Å². The minimum Gasteiger partial charge on any atom is -0.497 e. The molecule has 0 aliphatic heterocycles. The summed E-state index contributed by atoms with van der Waals surface area (Å²) in [6, 6.07) is 11.1. The molecule has 1 aromatic carbocycles. The second kappa shape index (κ2) is 5.88. The Morgan fingerprint density at radius 1 is 1.35 bits per heavy atom. The van der Waals surface area contributed by atoms with Crippen molar-refractivity contribution in [2.45, 2.75) is 13.5 Å². The highest BCUT2D eigenvalue weighted by Crippen LogP contribution is 2.13. The molecule has 0 unspecified atom stereocenters. The summed E-state index contributed by atoms with van der Waals surface area (Å²) in [4.78, 5) is 12.5. The molecule has 0 fully saturated rings. The largest absolute Gasteiger partial charge is 0.497 e. The number of nitrogens with two attached hydrogens (primary N) is 1. The molecular formula is C15H16N2O2S. The second-order valence-electron chi connectivity index (χ2n) is 4.50. The summed E-state index contributed by atoms with van der Waals surface area (Å²) in [5.74, 6) is 0.763. The Morgan fingerprint density at radius 3 is 2.75 bits per heavy atom. The molecule has 0 spiro atoms. The van der Waals surface area contributed by atoms with E-state index in [0.717, 1.165) is 17.0 Å². The summed E-state index contributed by atoms with van der Waals surface area (Å²) < 4.78 is 6.84. The third-order valence-corrected chi connectivity index (χ3v) is 3.35. The van der Waals surface area contributed by atoms with Crippen LogP contribution in [0.15, 0.2) is 41.2 Å². The zero-order chi connectivity index (χ0) is 14.7. The standard InChI is InChI=1S/C15H16N2O2S/c1-10-6-7-13(14(16)20)15(18)17(10)9-11-4-3-5-12(8-11)19-2/h3-8H,9H2,1-2H3,(H2,16,20). The zero-order valence-electron chi connectivity index (χ0n) is 11.4. The fourth-order valence-corrected chi connectivity index (χ4v) is 2.16. The average Bonchev–Trinajstić information content (AvgIpc) is 2.43. The summed E-state index contributed by atoms with van der Waals surface area (Å²) in [5.41, 5.74) is 7.61. The first-order valence-corrected chi connectivity index (χ1v) is 6.57. The smallest absolute Gasteiger partial charge is 0.261 e. The summed E-state index contributed by atoms with van der Waals surface area (Å²) in [7, 11) is 1.62. The highest BCUT2D eigenvalue weighted by molar-refractivity contribution is 7.80. The molecule has 0 bridgehead atoms. The Kier molecular flexibility index (Phi) is 4.20. The number of benzene rings is 1. The number of rotatable bonds is 4. The number of pyridine rings is 1. The summed E-state index contributed by atoms with van der Waals surface area (Å²) in [5, 5.41) is 0. The van der Waals surface area contributed by atoms with Crippen molar-refractivity contribution in [1.29, 1.82) is 0 Å². The Labute approximate surface area is 122 Å². The molecule has 2 rings (SSSR count). The van der Waals surface area contributed by atoms with Crippen molar-refractivity contribution in [2.75, 3.05) is 7.11 Å². The van der Waals surface area contributed by atoms with Crippen LogP contribution in [0.25, 0.3) is 0 Å². The maximum atomic E-state index is 12.4. The lowest BCUT2D eigenvalue weighted by Gasteiger charge is -2.12. The van der Waals surface area contributed by atoms with Crippen molar-refractivity contribution in [1.82, 2.24) is 4.57 Å². The minimum absolute atomic E-state index is 0.120. The van der Waals surface area contributed by atoms with Crippen LogP contribution >= 0.6 is 12.2 Å². The van der Waals surface area contributed by atoms with Crippen LogP contribution in [0, 0.1) is 6.92 Å². The van der Waals surface area contributed by atoms with Crippen LogP contribution in [-0.2, 0) is 6.54 Å². The number of hydrogen-bond acceptors (Lipinski definition) is 3. The maximum Gasteiger partial charge on any atom is 0.261 e. The normalized spacial score (nSPS) is 10.3. The highest BCUT2D eigenvalue weighted by atomic mass is 32.1. The molecular weight excluding hydrogens is 272 g/mol. The van der Waals surface area contributed by atoms with Gasteiger partial charge in [0.1, 0.15) is 10.7 Å². The topological polar surface area (TPSA) is 57.2 Å². The molecule has 2 aromatic rings. The fraction of sp³-hybridized carbons (Fsp3) is 0.200. The highest BCUT2D eigenvalue weighted by Gasteiger charge is 2.09. The third-order valence-electron chi connectivity index (χ3n) is 3.13. The number of hydrogen-bond donors (Lipinski definition) is 1. The number of nitrogens with zero attached hydrogens (tertiary/aromatic N) is 1. The maximum absolute atomic E-state index is 12.4. The molecule has 0 saturated carbocycles. The first kappa shape index (κ1) is 14.3. The van der Waals surface area contributed by atoms with Crippen LogP contribution in [0.1, 0.15) is 16.8 Å². The van der Waals surface area contributed by atoms with Crippen LogP contribution in [-0.4, -0.2) is 16.7 Å². The molecule has 1 aromatic heterocycles. The molecule has 20 heavy (non-hydrogen) atoms. The van der Waals surface area contributed by atoms with Crippen molar-refractivity contribution in [2.24, 2.45) is 5.73 Å². The molecule has 104 valence electrons. The van der Waals surface area contributed by atoms with E-state index in [1.165, 1.54) is 0 Å². The van der Waals surface area contributed by atoms with E-state index in [4.69, 9.17) is 22.7 Å². The van der Waals surface area contributed by atoms with E-state index >= 15 is 0 Å². The number of thiocarbonyl (C=S) groups is 1. The number of aryl methyl sites for hydroxylation is 1. The molecule has 0 atom stereocenters. The number of ether oxygens (including phenoxy) is 1. The predicted octanol–water partition coefficient (Wildman–Crippen LogP) is 1.85. The second-order valence-corrected chi connectivity index (χ2v) is 4.94. The quantitative estimate of drug-likeness (QED) is 0.872. The van der Waals surface area contributed by atoms with Crippen LogP contribution < -0.4 is 16.0 Å². The minimum atomic E-state index is -0.166. The molecule has 0 aliphatic carbocycles. The van der Waals surface area contributed by atoms with Crippen molar-refractivity contribution < 1.29 is 4.74 Å². The average molecular weight is 288 g/mol. The van der Waals surface area contributed by atoms with Gasteiger partial charge in [0.2, 0.25) is 0 Å². The van der Waals surface area contributed by atoms with Gasteiger partial charge in [0.25, 0.3) is 5.56 Å². The Morgan fingerprint density at radius 2 is 2.10 bits per heavy atom. The molecule has 0 saturated heterocycles. The van der Waals surface area contributed by atoms with Crippen LogP contribution in [0.4, 0.5) is 0 Å². The molecule has 5 heteroatoms. The molecule has 4 nitrogen and oxygen atoms in total. The SMILES string of the molecule is COc1cccc(Cn2c(C)ccc(C(N)=S)c2=O)c1. The summed E-state index contributed by atoms with van der Waals surface area (Å²) in [6.07, 6.45) is 0. The molecule has 1 heterocycles. The van der Waals surface area contributed by atoms with E-state index in [1.54, 1.807) is 17.7 Å². The van der Waals surface area contributed by atoms with Crippen LogP contribution in [0.5, 0.6) is 5.75 Å². The Balaban J connectivity index is 2.45. The number of methoxy groups -OCH3 is 1. The number of aromatic nitrogens is 1. The van der Waals surface area contributed by atoms with Gasteiger partial charge in [-0.3, -0.25) is 4.79 Å². The van der Waals surface area contributed by atoms with Crippen LogP contribution in [0.2, 0.25) is 0 Å². The lowest BCUT2D eigenvalue weighted by atomic mass is 10.2. The van der Waals surface area contributed by atoms with Crippen molar-refractivity contribution in [3.8, 4) is 5.75 Å². The first-order chi connectivity index (χ1) is 9.52. The van der Waals surface area contributed by atoms with Crippen molar-refractivity contribution >= 4 is 17.2 Å². The van der Waals surface area contributed by atoms with E-state index in [2.05, 4.69) is 0 Å². The first-order valence-electron chi connectivity index (χ1n) is 6.16. The van der Waals surface area contributed by atoms with Gasteiger partial charge in [0, 0.05) is 5.69 Å².